The first kappa shape index (κ1) is 22.2. The molecule has 0 bridgehead atoms. The van der Waals surface area contributed by atoms with Crippen molar-refractivity contribution in [3.63, 3.8) is 0 Å². The van der Waals surface area contributed by atoms with Crippen LogP contribution in [0.4, 0.5) is 4.79 Å². The highest BCUT2D eigenvalue weighted by atomic mass is 16.5. The molecule has 3 atom stereocenters. The zero-order valence-corrected chi connectivity index (χ0v) is 19.0. The van der Waals surface area contributed by atoms with Gasteiger partial charge >= 0.3 is 6.03 Å². The van der Waals surface area contributed by atoms with Gasteiger partial charge in [-0.25, -0.2) is 4.79 Å². The van der Waals surface area contributed by atoms with Crippen molar-refractivity contribution < 1.29 is 24.1 Å². The van der Waals surface area contributed by atoms with Gasteiger partial charge in [-0.05, 0) is 50.3 Å². The molecule has 31 heavy (non-hydrogen) atoms. The van der Waals surface area contributed by atoms with Gasteiger partial charge in [-0.15, -0.1) is 0 Å². The van der Waals surface area contributed by atoms with Gasteiger partial charge < -0.3 is 29.1 Å². The van der Waals surface area contributed by atoms with E-state index in [0.717, 1.165) is 29.9 Å². The van der Waals surface area contributed by atoms with Crippen molar-refractivity contribution in [2.75, 3.05) is 46.5 Å². The Labute approximate surface area is 185 Å². The molecule has 2 amide bonds. The third-order valence-corrected chi connectivity index (χ3v) is 7.42. The van der Waals surface area contributed by atoms with Crippen molar-refractivity contribution in [2.24, 2.45) is 5.41 Å². The van der Waals surface area contributed by atoms with Crippen LogP contribution in [0.5, 0.6) is 11.5 Å². The fourth-order valence-corrected chi connectivity index (χ4v) is 5.21. The van der Waals surface area contributed by atoms with Crippen LogP contribution in [-0.2, 0) is 4.74 Å². The number of urea groups is 1. The smallest absolute Gasteiger partial charge is 0.320 e. The van der Waals surface area contributed by atoms with E-state index in [0.29, 0.717) is 39.4 Å². The summed E-state index contributed by atoms with van der Waals surface area (Å²) < 4.78 is 17.3. The van der Waals surface area contributed by atoms with E-state index in [4.69, 9.17) is 14.2 Å². The van der Waals surface area contributed by atoms with Crippen LogP contribution in [0.2, 0.25) is 0 Å². The number of methoxy groups -OCH3 is 1. The van der Waals surface area contributed by atoms with Crippen molar-refractivity contribution in [2.45, 2.75) is 57.7 Å². The molecular weight excluding hydrogens is 396 g/mol. The van der Waals surface area contributed by atoms with E-state index in [2.05, 4.69) is 13.0 Å². The first-order chi connectivity index (χ1) is 14.9. The zero-order valence-electron chi connectivity index (χ0n) is 19.0. The highest BCUT2D eigenvalue weighted by molar-refractivity contribution is 5.75. The normalized spacial score (nSPS) is 28.1. The van der Waals surface area contributed by atoms with Crippen LogP contribution < -0.4 is 9.47 Å². The third kappa shape index (κ3) is 4.48. The molecule has 3 fully saturated rings. The van der Waals surface area contributed by atoms with Gasteiger partial charge in [0.1, 0.15) is 0 Å². The highest BCUT2D eigenvalue weighted by Crippen LogP contribution is 2.47. The van der Waals surface area contributed by atoms with Crippen LogP contribution in [0.25, 0.3) is 0 Å². The number of carbonyl (C=O) groups excluding carboxylic acids is 1. The number of carbonyl (C=O) groups is 1. The molecule has 172 valence electrons. The Hall–Kier alpha value is -1.99. The first-order valence-corrected chi connectivity index (χ1v) is 11.6. The molecule has 1 N–H and O–H groups in total. The van der Waals surface area contributed by atoms with Gasteiger partial charge in [0.25, 0.3) is 0 Å². The molecule has 1 aromatic rings. The van der Waals surface area contributed by atoms with Crippen molar-refractivity contribution in [1.82, 2.24) is 9.80 Å². The van der Waals surface area contributed by atoms with Crippen LogP contribution in [-0.4, -0.2) is 79.6 Å². The number of morpholine rings is 1. The van der Waals surface area contributed by atoms with Gasteiger partial charge in [-0.1, -0.05) is 13.0 Å². The SMILES string of the molecule is COc1ccc([C@@H]2CN(C(=O)N3CCOCC3)C[C@@]2(C)[C@@H](C)O)cc1OC1CCCC1. The van der Waals surface area contributed by atoms with E-state index in [-0.39, 0.29) is 18.1 Å². The fourth-order valence-electron chi connectivity index (χ4n) is 5.21. The summed E-state index contributed by atoms with van der Waals surface area (Å²) in [5.41, 5.74) is 0.635. The van der Waals surface area contributed by atoms with E-state index < -0.39 is 11.5 Å². The maximum atomic E-state index is 13.2. The van der Waals surface area contributed by atoms with Crippen molar-refractivity contribution >= 4 is 6.03 Å². The number of benzene rings is 1. The molecule has 0 aromatic heterocycles. The summed E-state index contributed by atoms with van der Waals surface area (Å²) >= 11 is 0. The number of rotatable bonds is 5. The minimum atomic E-state index is -0.554. The van der Waals surface area contributed by atoms with Crippen LogP contribution in [0.1, 0.15) is 51.0 Å². The number of aliphatic hydroxyl groups excluding tert-OH is 1. The Balaban J connectivity index is 1.59. The Bertz CT molecular complexity index is 773. The van der Waals surface area contributed by atoms with E-state index in [1.165, 1.54) is 12.8 Å². The maximum absolute atomic E-state index is 13.2. The number of ether oxygens (including phenoxy) is 3. The van der Waals surface area contributed by atoms with Crippen LogP contribution in [0.15, 0.2) is 18.2 Å². The summed E-state index contributed by atoms with van der Waals surface area (Å²) in [6.45, 7) is 7.41. The van der Waals surface area contributed by atoms with Crippen LogP contribution in [0.3, 0.4) is 0 Å². The molecule has 3 aliphatic rings. The lowest BCUT2D eigenvalue weighted by molar-refractivity contribution is 0.0362. The van der Waals surface area contributed by atoms with Crippen molar-refractivity contribution in [3.05, 3.63) is 23.8 Å². The molecular formula is C24H36N2O5. The summed E-state index contributed by atoms with van der Waals surface area (Å²) in [5.74, 6) is 1.50. The van der Waals surface area contributed by atoms with Crippen LogP contribution in [0, 0.1) is 5.41 Å². The van der Waals surface area contributed by atoms with E-state index in [1.807, 2.05) is 28.9 Å². The summed E-state index contributed by atoms with van der Waals surface area (Å²) in [7, 11) is 1.66. The predicted octanol–water partition coefficient (Wildman–Crippen LogP) is 3.26. The second-order valence-electron chi connectivity index (χ2n) is 9.43. The molecule has 1 saturated carbocycles. The lowest BCUT2D eigenvalue weighted by Crippen LogP contribution is -2.48. The highest BCUT2D eigenvalue weighted by Gasteiger charge is 2.49. The second kappa shape index (κ2) is 9.25. The van der Waals surface area contributed by atoms with Crippen LogP contribution >= 0.6 is 0 Å². The topological polar surface area (TPSA) is 71.5 Å². The number of likely N-dealkylation sites (tertiary alicyclic amines) is 1. The summed E-state index contributed by atoms with van der Waals surface area (Å²) in [5, 5.41) is 10.7. The summed E-state index contributed by atoms with van der Waals surface area (Å²) in [6.07, 6.45) is 4.23. The molecule has 0 unspecified atom stereocenters. The minimum Gasteiger partial charge on any atom is -0.493 e. The van der Waals surface area contributed by atoms with Gasteiger partial charge in [-0.3, -0.25) is 0 Å². The molecule has 2 aliphatic heterocycles. The first-order valence-electron chi connectivity index (χ1n) is 11.6. The van der Waals surface area contributed by atoms with E-state index in [1.54, 1.807) is 7.11 Å². The molecule has 2 heterocycles. The largest absolute Gasteiger partial charge is 0.493 e. The van der Waals surface area contributed by atoms with Gasteiger partial charge in [0.15, 0.2) is 11.5 Å². The van der Waals surface area contributed by atoms with Gasteiger partial charge in [0.2, 0.25) is 0 Å². The average Bonchev–Trinajstić information content (AvgIpc) is 3.42. The van der Waals surface area contributed by atoms with Gasteiger partial charge in [-0.2, -0.15) is 0 Å². The maximum Gasteiger partial charge on any atom is 0.320 e. The minimum absolute atomic E-state index is 0.00863. The Kier molecular flexibility index (Phi) is 6.63. The fraction of sp³-hybridized carbons (Fsp3) is 0.708. The average molecular weight is 433 g/mol. The molecule has 7 heteroatoms. The van der Waals surface area contributed by atoms with Crippen molar-refractivity contribution in [3.8, 4) is 11.5 Å². The number of amides is 2. The van der Waals surface area contributed by atoms with E-state index >= 15 is 0 Å². The number of nitrogens with zero attached hydrogens (tertiary/aromatic N) is 2. The standard InChI is InChI=1S/C24H36N2O5/c1-17(27)24(2)16-26(23(28)25-10-12-30-13-11-25)15-20(24)18-8-9-21(29-3)22(14-18)31-19-6-4-5-7-19/h8-9,14,17,19-20,27H,4-7,10-13,15-16H2,1-3H3/t17-,20+,24+/m1/s1. The Morgan fingerprint density at radius 1 is 1.19 bits per heavy atom. The summed E-state index contributed by atoms with van der Waals surface area (Å²) in [4.78, 5) is 16.9. The lowest BCUT2D eigenvalue weighted by Gasteiger charge is -2.34. The number of hydrogen-bond acceptors (Lipinski definition) is 5. The summed E-state index contributed by atoms with van der Waals surface area (Å²) in [6, 6.07) is 6.10. The van der Waals surface area contributed by atoms with E-state index in [9.17, 15) is 9.90 Å². The molecule has 2 saturated heterocycles. The number of aliphatic hydroxyl groups is 1. The number of hydrogen-bond donors (Lipinski definition) is 1. The van der Waals surface area contributed by atoms with Gasteiger partial charge in [0, 0.05) is 37.5 Å². The third-order valence-electron chi connectivity index (χ3n) is 7.42. The lowest BCUT2D eigenvalue weighted by atomic mass is 9.72. The molecule has 0 radical (unpaired) electrons. The van der Waals surface area contributed by atoms with Gasteiger partial charge in [0.05, 0.1) is 32.5 Å². The monoisotopic (exact) mass is 432 g/mol. The quantitative estimate of drug-likeness (QED) is 0.773. The molecule has 0 spiro atoms. The molecule has 4 rings (SSSR count). The molecule has 7 nitrogen and oxygen atoms in total. The Morgan fingerprint density at radius 2 is 1.90 bits per heavy atom. The predicted molar refractivity (Wildman–Crippen MR) is 118 cm³/mol. The Morgan fingerprint density at radius 3 is 2.55 bits per heavy atom. The molecule has 1 aromatic carbocycles. The second-order valence-corrected chi connectivity index (χ2v) is 9.43. The molecule has 1 aliphatic carbocycles. The van der Waals surface area contributed by atoms with Crippen molar-refractivity contribution in [1.29, 1.82) is 0 Å². The zero-order chi connectivity index (χ0) is 22.0.